The van der Waals surface area contributed by atoms with Crippen LogP contribution in [-0.4, -0.2) is 42.3 Å². The molecule has 1 fully saturated rings. The van der Waals surface area contributed by atoms with Gasteiger partial charge in [-0.2, -0.15) is 0 Å². The van der Waals surface area contributed by atoms with Crippen LogP contribution in [0.2, 0.25) is 0 Å². The van der Waals surface area contributed by atoms with Crippen LogP contribution in [0, 0.1) is 5.92 Å². The van der Waals surface area contributed by atoms with Gasteiger partial charge in [-0.1, -0.05) is 86.7 Å². The summed E-state index contributed by atoms with van der Waals surface area (Å²) in [6, 6.07) is 15.3. The number of nitrogens with one attached hydrogen (secondary N) is 2. The monoisotopic (exact) mass is 476 g/mol. The van der Waals surface area contributed by atoms with Gasteiger partial charge in [-0.05, 0) is 34.6 Å². The van der Waals surface area contributed by atoms with Crippen molar-refractivity contribution >= 4 is 18.0 Å². The van der Waals surface area contributed by atoms with Gasteiger partial charge in [-0.3, -0.25) is 4.79 Å². The van der Waals surface area contributed by atoms with Crippen molar-refractivity contribution < 1.29 is 24.2 Å². The average Bonchev–Trinajstić information content (AvgIpc) is 3.19. The first kappa shape index (κ1) is 24.5. The van der Waals surface area contributed by atoms with E-state index in [9.17, 15) is 19.5 Å². The molecule has 4 rings (SSSR count). The van der Waals surface area contributed by atoms with Gasteiger partial charge in [-0.15, -0.1) is 0 Å². The summed E-state index contributed by atoms with van der Waals surface area (Å²) in [7, 11) is 0. The Morgan fingerprint density at radius 1 is 0.971 bits per heavy atom. The molecule has 2 aromatic carbocycles. The van der Waals surface area contributed by atoms with E-state index >= 15 is 0 Å². The summed E-state index contributed by atoms with van der Waals surface area (Å²) in [5, 5.41) is 14.6. The number of hydrogen-bond donors (Lipinski definition) is 3. The van der Waals surface area contributed by atoms with Crippen LogP contribution in [0.3, 0.4) is 0 Å². The van der Waals surface area contributed by atoms with E-state index < -0.39 is 24.0 Å². The quantitative estimate of drug-likeness (QED) is 0.458. The van der Waals surface area contributed by atoms with E-state index in [0.717, 1.165) is 47.9 Å². The summed E-state index contributed by atoms with van der Waals surface area (Å²) >= 11 is 0. The van der Waals surface area contributed by atoms with E-state index in [4.69, 9.17) is 4.74 Å². The van der Waals surface area contributed by atoms with E-state index in [1.54, 1.807) is 0 Å². The van der Waals surface area contributed by atoms with Crippen molar-refractivity contribution in [3.05, 3.63) is 71.8 Å². The molecule has 0 heterocycles. The summed E-state index contributed by atoms with van der Waals surface area (Å²) in [4.78, 5) is 35.9. The molecular formula is C28H32N2O5. The smallest absolute Gasteiger partial charge is 0.407 e. The fourth-order valence-electron chi connectivity index (χ4n) is 5.16. The Labute approximate surface area is 205 Å². The van der Waals surface area contributed by atoms with E-state index in [1.807, 2.05) is 24.3 Å². The van der Waals surface area contributed by atoms with Crippen LogP contribution >= 0.6 is 0 Å². The van der Waals surface area contributed by atoms with E-state index in [1.165, 1.54) is 18.6 Å². The molecule has 0 aliphatic heterocycles. The molecule has 2 amide bonds. The normalized spacial score (nSPS) is 16.3. The molecule has 0 radical (unpaired) electrons. The second-order valence-corrected chi connectivity index (χ2v) is 9.25. The maximum absolute atomic E-state index is 12.2. The zero-order valence-electron chi connectivity index (χ0n) is 19.7. The van der Waals surface area contributed by atoms with Crippen molar-refractivity contribution in [3.8, 4) is 11.1 Å². The molecule has 1 saturated carbocycles. The Hall–Kier alpha value is -3.61. The number of carboxylic acids is 1. The third-order valence-electron chi connectivity index (χ3n) is 6.89. The summed E-state index contributed by atoms with van der Waals surface area (Å²) in [5.41, 5.74) is 4.60. The molecule has 0 bridgehead atoms. The number of ether oxygens (including phenoxy) is 1. The maximum Gasteiger partial charge on any atom is 0.407 e. The molecule has 7 nitrogen and oxygen atoms in total. The number of amides is 2. The van der Waals surface area contributed by atoms with Gasteiger partial charge in [0.25, 0.3) is 0 Å². The van der Waals surface area contributed by atoms with Gasteiger partial charge >= 0.3 is 12.1 Å². The van der Waals surface area contributed by atoms with Gasteiger partial charge in [0.2, 0.25) is 5.91 Å². The number of rotatable bonds is 9. The number of fused-ring (bicyclic) bond motifs is 3. The second kappa shape index (κ2) is 11.7. The molecule has 1 atom stereocenters. The number of hydrogen-bond acceptors (Lipinski definition) is 4. The van der Waals surface area contributed by atoms with Gasteiger partial charge in [0.15, 0.2) is 0 Å². The summed E-state index contributed by atoms with van der Waals surface area (Å²) in [5.74, 6) is -1.19. The van der Waals surface area contributed by atoms with Gasteiger partial charge in [0, 0.05) is 18.5 Å². The van der Waals surface area contributed by atoms with Crippen molar-refractivity contribution in [1.82, 2.24) is 10.6 Å². The highest BCUT2D eigenvalue weighted by atomic mass is 16.5. The highest BCUT2D eigenvalue weighted by Crippen LogP contribution is 2.44. The van der Waals surface area contributed by atoms with Crippen LogP contribution in [-0.2, 0) is 14.3 Å². The molecule has 0 saturated heterocycles. The Kier molecular flexibility index (Phi) is 8.19. The molecule has 2 aromatic rings. The van der Waals surface area contributed by atoms with Crippen molar-refractivity contribution in [1.29, 1.82) is 0 Å². The fraction of sp³-hybridized carbons (Fsp3) is 0.393. The van der Waals surface area contributed by atoms with E-state index in [0.29, 0.717) is 12.3 Å². The van der Waals surface area contributed by atoms with Crippen molar-refractivity contribution in [2.24, 2.45) is 5.92 Å². The Morgan fingerprint density at radius 3 is 2.23 bits per heavy atom. The highest BCUT2D eigenvalue weighted by Gasteiger charge is 2.29. The van der Waals surface area contributed by atoms with E-state index in [-0.39, 0.29) is 19.1 Å². The average molecular weight is 477 g/mol. The van der Waals surface area contributed by atoms with Crippen molar-refractivity contribution in [3.63, 3.8) is 0 Å². The third-order valence-corrected chi connectivity index (χ3v) is 6.89. The standard InChI is InChI=1S/C28H32N2O5/c31-26(30-25(27(32)33)17-19-9-2-1-3-10-19)15-8-16-29-28(34)35-18-24-22-13-6-4-11-20(22)21-12-5-7-14-23(21)24/h4-8,11-15,19,24-25H,1-3,9-10,16-18H2,(H,29,34)(H,30,31)(H,32,33)/b15-8+. The molecule has 35 heavy (non-hydrogen) atoms. The molecule has 1 unspecified atom stereocenters. The maximum atomic E-state index is 12.2. The minimum absolute atomic E-state index is 0.0217. The zero-order valence-corrected chi connectivity index (χ0v) is 19.7. The number of carboxylic acid groups (broad SMARTS) is 1. The molecule has 0 aromatic heterocycles. The lowest BCUT2D eigenvalue weighted by atomic mass is 9.85. The third kappa shape index (κ3) is 6.29. The minimum atomic E-state index is -1.02. The number of alkyl carbamates (subject to hydrolysis) is 1. The second-order valence-electron chi connectivity index (χ2n) is 9.25. The van der Waals surface area contributed by atoms with Crippen LogP contribution < -0.4 is 10.6 Å². The van der Waals surface area contributed by atoms with Crippen molar-refractivity contribution in [2.75, 3.05) is 13.2 Å². The van der Waals surface area contributed by atoms with Crippen LogP contribution in [0.5, 0.6) is 0 Å². The summed E-state index contributed by atoms with van der Waals surface area (Å²) < 4.78 is 5.47. The first-order valence-electron chi connectivity index (χ1n) is 12.3. The molecule has 0 spiro atoms. The Balaban J connectivity index is 1.22. The lowest BCUT2D eigenvalue weighted by Crippen LogP contribution is -2.41. The van der Waals surface area contributed by atoms with Crippen LogP contribution in [0.4, 0.5) is 4.79 Å². The number of aliphatic carboxylic acids is 1. The lowest BCUT2D eigenvalue weighted by Gasteiger charge is -2.24. The first-order chi connectivity index (χ1) is 17.0. The highest BCUT2D eigenvalue weighted by molar-refractivity contribution is 5.91. The molecule has 2 aliphatic rings. The van der Waals surface area contributed by atoms with Crippen molar-refractivity contribution in [2.45, 2.75) is 50.5 Å². The number of carbonyl (C=O) groups is 3. The Morgan fingerprint density at radius 2 is 1.60 bits per heavy atom. The summed E-state index contributed by atoms with van der Waals surface area (Å²) in [6.07, 6.45) is 8.07. The molecule has 7 heteroatoms. The number of benzene rings is 2. The topological polar surface area (TPSA) is 105 Å². The Bertz CT molecular complexity index is 1040. The largest absolute Gasteiger partial charge is 0.480 e. The minimum Gasteiger partial charge on any atom is -0.480 e. The zero-order chi connectivity index (χ0) is 24.6. The number of carbonyl (C=O) groups excluding carboxylic acids is 2. The molecule has 3 N–H and O–H groups in total. The van der Waals surface area contributed by atoms with E-state index in [2.05, 4.69) is 34.9 Å². The molecule has 184 valence electrons. The van der Waals surface area contributed by atoms with Gasteiger partial charge in [0.1, 0.15) is 12.6 Å². The predicted octanol–water partition coefficient (Wildman–Crippen LogP) is 4.62. The SMILES string of the molecule is O=C(/C=C/CNC(=O)OCC1c2ccccc2-c2ccccc21)NC(CC1CCCCC1)C(=O)O. The van der Waals surface area contributed by atoms with Gasteiger partial charge < -0.3 is 20.5 Å². The van der Waals surface area contributed by atoms with Crippen LogP contribution in [0.1, 0.15) is 55.6 Å². The molecular weight excluding hydrogens is 444 g/mol. The van der Waals surface area contributed by atoms with Crippen LogP contribution in [0.25, 0.3) is 11.1 Å². The lowest BCUT2D eigenvalue weighted by molar-refractivity contribution is -0.141. The predicted molar refractivity (Wildman–Crippen MR) is 133 cm³/mol. The van der Waals surface area contributed by atoms with Crippen LogP contribution in [0.15, 0.2) is 60.7 Å². The van der Waals surface area contributed by atoms with Gasteiger partial charge in [-0.25, -0.2) is 9.59 Å². The molecule has 2 aliphatic carbocycles. The van der Waals surface area contributed by atoms with Gasteiger partial charge in [0.05, 0.1) is 0 Å². The first-order valence-corrected chi connectivity index (χ1v) is 12.3. The fourth-order valence-corrected chi connectivity index (χ4v) is 5.16. The summed E-state index contributed by atoms with van der Waals surface area (Å²) in [6.45, 7) is 0.315.